The van der Waals surface area contributed by atoms with E-state index in [1.807, 2.05) is 6.08 Å². The van der Waals surface area contributed by atoms with Crippen LogP contribution in [0.2, 0.25) is 0 Å². The molecular weight excluding hydrogens is 526 g/mol. The molecule has 7 atom stereocenters. The molecule has 0 amide bonds. The van der Waals surface area contributed by atoms with Gasteiger partial charge in [-0.1, -0.05) is 31.3 Å². The number of halogens is 1. The summed E-state index contributed by atoms with van der Waals surface area (Å²) < 4.78 is 17.3. The Morgan fingerprint density at radius 2 is 1.95 bits per heavy atom. The molecule has 2 heterocycles. The number of allylic oxidation sites excluding steroid dienone is 1. The van der Waals surface area contributed by atoms with Gasteiger partial charge in [0.25, 0.3) is 0 Å². The standard InChI is InChI=1S/C33H41NO5.ClH/c1-31-11-8-24-23(6-5-21-16-22(35)7-12-32(21,24)2)25(31)17-33(36,18-31)13-9-26-28-20(10-14-34(26)3)15-27-29(30(28)37-4)39-19-38-27;/h15-16,23-26,36H,5-8,10-12,14,17-19H2,1-4H3;1H/t23?,24?,25?,26?,31-,32+,33?;/m1./s1. The average Bonchev–Trinajstić information content (AvgIpc) is 3.48. The summed E-state index contributed by atoms with van der Waals surface area (Å²) in [6.07, 6.45) is 10.5. The van der Waals surface area contributed by atoms with Gasteiger partial charge in [-0.15, -0.1) is 12.4 Å². The smallest absolute Gasteiger partial charge is 0.231 e. The monoisotopic (exact) mass is 567 g/mol. The Balaban J connectivity index is 0.00000289. The van der Waals surface area contributed by atoms with Gasteiger partial charge >= 0.3 is 0 Å². The van der Waals surface area contributed by atoms with Crippen LogP contribution in [0, 0.1) is 40.4 Å². The Morgan fingerprint density at radius 1 is 1.12 bits per heavy atom. The van der Waals surface area contributed by atoms with Gasteiger partial charge in [0.15, 0.2) is 17.3 Å². The van der Waals surface area contributed by atoms with E-state index in [0.717, 1.165) is 62.8 Å². The maximum atomic E-state index is 12.2. The highest BCUT2D eigenvalue weighted by molar-refractivity contribution is 5.91. The zero-order valence-electron chi connectivity index (χ0n) is 24.2. The Labute approximate surface area is 244 Å². The van der Waals surface area contributed by atoms with Crippen molar-refractivity contribution in [2.75, 3.05) is 27.5 Å². The SMILES string of the molecule is COc1c2c(cc3c1C(C#CC1(O)CC4C5CCC6=CC(=O)CC[C@]6(C)C5CC[C@]4(C)C1)N(C)CC3)OCO2.Cl. The number of hydrogen-bond donors (Lipinski definition) is 1. The van der Waals surface area contributed by atoms with Crippen molar-refractivity contribution in [3.05, 3.63) is 28.8 Å². The lowest BCUT2D eigenvalue weighted by Crippen LogP contribution is -2.49. The number of likely N-dealkylation sites (N-methyl/N-ethyl adjacent to an activating group) is 1. The number of rotatable bonds is 1. The van der Waals surface area contributed by atoms with Gasteiger partial charge in [0.2, 0.25) is 12.5 Å². The molecule has 0 saturated heterocycles. The van der Waals surface area contributed by atoms with Gasteiger partial charge in [0, 0.05) is 18.5 Å². The highest BCUT2D eigenvalue weighted by Crippen LogP contribution is 2.66. The van der Waals surface area contributed by atoms with Gasteiger partial charge in [-0.25, -0.2) is 0 Å². The fraction of sp³-hybridized carbons (Fsp3) is 0.667. The number of aliphatic hydroxyl groups is 1. The summed E-state index contributed by atoms with van der Waals surface area (Å²) in [6.45, 7) is 5.90. The molecule has 4 aliphatic carbocycles. The molecule has 7 rings (SSSR count). The molecular formula is C33H42ClNO5. The van der Waals surface area contributed by atoms with E-state index in [4.69, 9.17) is 14.2 Å². The van der Waals surface area contributed by atoms with Crippen molar-refractivity contribution in [3.63, 3.8) is 0 Å². The van der Waals surface area contributed by atoms with E-state index in [9.17, 15) is 9.90 Å². The van der Waals surface area contributed by atoms with E-state index in [2.05, 4.69) is 43.7 Å². The van der Waals surface area contributed by atoms with E-state index in [0.29, 0.717) is 41.5 Å². The largest absolute Gasteiger partial charge is 0.492 e. The zero-order valence-corrected chi connectivity index (χ0v) is 25.0. The molecule has 0 aromatic heterocycles. The Kier molecular flexibility index (Phi) is 6.76. The van der Waals surface area contributed by atoms with Crippen LogP contribution in [0.3, 0.4) is 0 Å². The molecule has 5 unspecified atom stereocenters. The molecule has 1 N–H and O–H groups in total. The zero-order chi connectivity index (χ0) is 27.2. The molecule has 6 aliphatic rings. The van der Waals surface area contributed by atoms with Crippen molar-refractivity contribution < 1.29 is 24.1 Å². The fourth-order valence-electron chi connectivity index (χ4n) is 9.59. The van der Waals surface area contributed by atoms with Gasteiger partial charge in [-0.05, 0) is 105 Å². The molecule has 3 saturated carbocycles. The normalized spacial score (nSPS) is 39.4. The topological polar surface area (TPSA) is 68.2 Å². The Bertz CT molecular complexity index is 1330. The number of methoxy groups -OCH3 is 1. The maximum absolute atomic E-state index is 12.2. The van der Waals surface area contributed by atoms with Crippen LogP contribution in [0.4, 0.5) is 0 Å². The minimum Gasteiger partial charge on any atom is -0.492 e. The highest BCUT2D eigenvalue weighted by Gasteiger charge is 2.60. The first kappa shape index (κ1) is 27.9. The average molecular weight is 568 g/mol. The van der Waals surface area contributed by atoms with Crippen molar-refractivity contribution in [3.8, 4) is 29.1 Å². The molecule has 0 spiro atoms. The minimum atomic E-state index is -0.990. The van der Waals surface area contributed by atoms with Gasteiger partial charge in [-0.3, -0.25) is 9.69 Å². The van der Waals surface area contributed by atoms with Gasteiger partial charge in [-0.2, -0.15) is 0 Å². The number of benzene rings is 1. The van der Waals surface area contributed by atoms with E-state index >= 15 is 0 Å². The first-order chi connectivity index (χ1) is 18.6. The lowest BCUT2D eigenvalue weighted by atomic mass is 9.47. The molecule has 1 aromatic carbocycles. The first-order valence-electron chi connectivity index (χ1n) is 14.8. The van der Waals surface area contributed by atoms with Crippen LogP contribution in [0.5, 0.6) is 17.2 Å². The van der Waals surface area contributed by atoms with Crippen LogP contribution < -0.4 is 14.2 Å². The molecule has 0 radical (unpaired) electrons. The number of ether oxygens (including phenoxy) is 3. The molecule has 0 bridgehead atoms. The predicted molar refractivity (Wildman–Crippen MR) is 155 cm³/mol. The van der Waals surface area contributed by atoms with Crippen molar-refractivity contribution in [1.29, 1.82) is 0 Å². The van der Waals surface area contributed by atoms with Crippen LogP contribution in [0.15, 0.2) is 17.7 Å². The molecule has 2 aliphatic heterocycles. The molecule has 40 heavy (non-hydrogen) atoms. The molecule has 6 nitrogen and oxygen atoms in total. The van der Waals surface area contributed by atoms with Crippen LogP contribution in [0.1, 0.15) is 82.4 Å². The molecule has 216 valence electrons. The number of carbonyl (C=O) groups excluding carboxylic acids is 1. The van der Waals surface area contributed by atoms with Crippen LogP contribution >= 0.6 is 12.4 Å². The number of carbonyl (C=O) groups is 1. The summed E-state index contributed by atoms with van der Waals surface area (Å²) in [7, 11) is 3.77. The minimum absolute atomic E-state index is 0. The van der Waals surface area contributed by atoms with Crippen molar-refractivity contribution in [1.82, 2.24) is 4.90 Å². The summed E-state index contributed by atoms with van der Waals surface area (Å²) >= 11 is 0. The summed E-state index contributed by atoms with van der Waals surface area (Å²) in [5.74, 6) is 11.1. The van der Waals surface area contributed by atoms with Crippen molar-refractivity contribution in [2.24, 2.45) is 28.6 Å². The second-order valence-electron chi connectivity index (χ2n) is 13.7. The lowest BCUT2D eigenvalue weighted by molar-refractivity contribution is -0.117. The van der Waals surface area contributed by atoms with Crippen LogP contribution in [-0.4, -0.2) is 48.9 Å². The number of ketones is 1. The summed E-state index contributed by atoms with van der Waals surface area (Å²) in [5, 5.41) is 12.0. The second-order valence-corrected chi connectivity index (χ2v) is 13.7. The molecule has 3 fully saturated rings. The first-order valence-corrected chi connectivity index (χ1v) is 14.8. The van der Waals surface area contributed by atoms with Gasteiger partial charge < -0.3 is 19.3 Å². The van der Waals surface area contributed by atoms with Crippen LogP contribution in [0.25, 0.3) is 0 Å². The number of nitrogens with zero attached hydrogens (tertiary/aromatic N) is 1. The third-order valence-corrected chi connectivity index (χ3v) is 11.6. The molecule has 1 aromatic rings. The Hall–Kier alpha value is -2.20. The lowest BCUT2D eigenvalue weighted by Gasteiger charge is -2.57. The fourth-order valence-corrected chi connectivity index (χ4v) is 9.59. The third kappa shape index (κ3) is 4.10. The number of hydrogen-bond acceptors (Lipinski definition) is 6. The summed E-state index contributed by atoms with van der Waals surface area (Å²) in [4.78, 5) is 14.4. The van der Waals surface area contributed by atoms with Gasteiger partial charge in [0.05, 0.1) is 7.11 Å². The maximum Gasteiger partial charge on any atom is 0.231 e. The van der Waals surface area contributed by atoms with Gasteiger partial charge in [0.1, 0.15) is 11.6 Å². The van der Waals surface area contributed by atoms with E-state index in [1.54, 1.807) is 7.11 Å². The van der Waals surface area contributed by atoms with Crippen molar-refractivity contribution in [2.45, 2.75) is 83.3 Å². The Morgan fingerprint density at radius 3 is 2.75 bits per heavy atom. The van der Waals surface area contributed by atoms with Crippen molar-refractivity contribution >= 4 is 18.2 Å². The van der Waals surface area contributed by atoms with E-state index in [-0.39, 0.29) is 36.1 Å². The second kappa shape index (κ2) is 9.68. The van der Waals surface area contributed by atoms with Crippen LogP contribution in [-0.2, 0) is 11.2 Å². The summed E-state index contributed by atoms with van der Waals surface area (Å²) in [6, 6.07) is 1.90. The third-order valence-electron chi connectivity index (χ3n) is 11.6. The highest BCUT2D eigenvalue weighted by atomic mass is 35.5. The predicted octanol–water partition coefficient (Wildman–Crippen LogP) is 5.64. The quantitative estimate of drug-likeness (QED) is 0.443. The number of fused-ring (bicyclic) bond motifs is 7. The molecule has 7 heteroatoms. The van der Waals surface area contributed by atoms with E-state index < -0.39 is 5.60 Å². The van der Waals surface area contributed by atoms with E-state index in [1.165, 1.54) is 17.6 Å². The summed E-state index contributed by atoms with van der Waals surface area (Å²) in [5.41, 5.74) is 2.87.